The summed E-state index contributed by atoms with van der Waals surface area (Å²) in [5, 5.41) is 11.1. The summed E-state index contributed by atoms with van der Waals surface area (Å²) >= 11 is 0. The molecule has 1 aliphatic rings. The van der Waals surface area contributed by atoms with Crippen LogP contribution in [0.3, 0.4) is 0 Å². The summed E-state index contributed by atoms with van der Waals surface area (Å²) in [6.07, 6.45) is 0.617. The average molecular weight is 387 g/mol. The lowest BCUT2D eigenvalue weighted by Gasteiger charge is -2.18. The van der Waals surface area contributed by atoms with Crippen LogP contribution in [0.4, 0.5) is 16.3 Å². The monoisotopic (exact) mass is 387 g/mol. The third-order valence-corrected chi connectivity index (χ3v) is 4.44. The maximum absolute atomic E-state index is 12.5. The predicted molar refractivity (Wildman–Crippen MR) is 106 cm³/mol. The zero-order valence-electron chi connectivity index (χ0n) is 16.5. The molecule has 9 heteroatoms. The van der Waals surface area contributed by atoms with E-state index in [0.717, 1.165) is 12.2 Å². The Bertz CT molecular complexity index is 812. The highest BCUT2D eigenvalue weighted by Gasteiger charge is 2.28. The highest BCUT2D eigenvalue weighted by molar-refractivity contribution is 5.90. The average Bonchev–Trinajstić information content (AvgIpc) is 3.17. The molecule has 0 aliphatic carbocycles. The largest absolute Gasteiger partial charge is 0.493 e. The molecule has 1 atom stereocenters. The Balaban J connectivity index is 1.55. The summed E-state index contributed by atoms with van der Waals surface area (Å²) in [6.45, 7) is 1.09. The summed E-state index contributed by atoms with van der Waals surface area (Å²) in [7, 11) is 6.92. The Morgan fingerprint density at radius 2 is 1.93 bits per heavy atom. The number of urea groups is 1. The van der Waals surface area contributed by atoms with Gasteiger partial charge in [0.1, 0.15) is 6.10 Å². The molecule has 0 bridgehead atoms. The first-order valence-corrected chi connectivity index (χ1v) is 8.96. The fraction of sp³-hybridized carbons (Fsp3) is 0.421. The van der Waals surface area contributed by atoms with Gasteiger partial charge in [0.05, 0.1) is 20.8 Å². The number of amides is 2. The van der Waals surface area contributed by atoms with Gasteiger partial charge in [0.25, 0.3) is 0 Å². The lowest BCUT2D eigenvalue weighted by Crippen LogP contribution is -2.34. The van der Waals surface area contributed by atoms with Gasteiger partial charge in [0, 0.05) is 44.9 Å². The number of hydrogen-bond acceptors (Lipinski definition) is 7. The molecule has 1 N–H and O–H groups in total. The van der Waals surface area contributed by atoms with Crippen LogP contribution in [-0.4, -0.2) is 68.6 Å². The second kappa shape index (κ2) is 8.64. The van der Waals surface area contributed by atoms with Crippen LogP contribution in [0.1, 0.15) is 6.42 Å². The number of methoxy groups -OCH3 is 2. The number of nitrogens with zero attached hydrogens (tertiary/aromatic N) is 4. The first-order chi connectivity index (χ1) is 13.5. The molecule has 1 saturated heterocycles. The van der Waals surface area contributed by atoms with E-state index in [1.54, 1.807) is 43.4 Å². The Morgan fingerprint density at radius 3 is 2.57 bits per heavy atom. The SMILES string of the molecule is COc1ccc(NC(=O)N2CCC(Oc3ccc(N(C)C)nn3)C2)cc1OC. The third-order valence-electron chi connectivity index (χ3n) is 4.44. The van der Waals surface area contributed by atoms with Crippen LogP contribution in [0.15, 0.2) is 30.3 Å². The van der Waals surface area contributed by atoms with Gasteiger partial charge in [0.2, 0.25) is 5.88 Å². The molecule has 1 fully saturated rings. The maximum atomic E-state index is 12.5. The zero-order valence-corrected chi connectivity index (χ0v) is 16.5. The van der Waals surface area contributed by atoms with E-state index in [2.05, 4.69) is 15.5 Å². The van der Waals surface area contributed by atoms with Crippen molar-refractivity contribution in [1.82, 2.24) is 15.1 Å². The molecular weight excluding hydrogens is 362 g/mol. The van der Waals surface area contributed by atoms with Gasteiger partial charge in [-0.15, -0.1) is 10.2 Å². The Hall–Kier alpha value is -3.23. The molecule has 9 nitrogen and oxygen atoms in total. The van der Waals surface area contributed by atoms with Gasteiger partial charge in [-0.2, -0.15) is 0 Å². The second-order valence-corrected chi connectivity index (χ2v) is 6.60. The zero-order chi connectivity index (χ0) is 20.1. The summed E-state index contributed by atoms with van der Waals surface area (Å²) in [5.41, 5.74) is 0.636. The predicted octanol–water partition coefficient (Wildman–Crippen LogP) is 2.25. The first-order valence-electron chi connectivity index (χ1n) is 8.96. The van der Waals surface area contributed by atoms with Crippen LogP contribution in [0.25, 0.3) is 0 Å². The number of likely N-dealkylation sites (tertiary alicyclic amines) is 1. The first kappa shape index (κ1) is 19.5. The van der Waals surface area contributed by atoms with Crippen LogP contribution >= 0.6 is 0 Å². The second-order valence-electron chi connectivity index (χ2n) is 6.60. The molecule has 0 radical (unpaired) electrons. The topological polar surface area (TPSA) is 89.1 Å². The number of aromatic nitrogens is 2. The summed E-state index contributed by atoms with van der Waals surface area (Å²) < 4.78 is 16.3. The third kappa shape index (κ3) is 4.54. The fourth-order valence-corrected chi connectivity index (χ4v) is 2.91. The minimum Gasteiger partial charge on any atom is -0.493 e. The van der Waals surface area contributed by atoms with Crippen molar-refractivity contribution in [2.75, 3.05) is 51.6 Å². The van der Waals surface area contributed by atoms with Crippen molar-refractivity contribution >= 4 is 17.5 Å². The Morgan fingerprint density at radius 1 is 1.14 bits per heavy atom. The van der Waals surface area contributed by atoms with E-state index in [0.29, 0.717) is 36.2 Å². The van der Waals surface area contributed by atoms with Crippen molar-refractivity contribution < 1.29 is 19.0 Å². The van der Waals surface area contributed by atoms with Crippen molar-refractivity contribution in [2.24, 2.45) is 0 Å². The van der Waals surface area contributed by atoms with Crippen molar-refractivity contribution in [3.8, 4) is 17.4 Å². The smallest absolute Gasteiger partial charge is 0.321 e. The Labute approximate surface area is 164 Å². The number of rotatable bonds is 6. The van der Waals surface area contributed by atoms with Crippen molar-refractivity contribution in [3.05, 3.63) is 30.3 Å². The van der Waals surface area contributed by atoms with Gasteiger partial charge in [-0.25, -0.2) is 4.79 Å². The number of anilines is 2. The quantitative estimate of drug-likeness (QED) is 0.813. The normalized spacial score (nSPS) is 15.9. The highest BCUT2D eigenvalue weighted by atomic mass is 16.5. The van der Waals surface area contributed by atoms with Gasteiger partial charge >= 0.3 is 6.03 Å². The summed E-state index contributed by atoms with van der Waals surface area (Å²) in [4.78, 5) is 16.1. The number of ether oxygens (including phenoxy) is 3. The van der Waals surface area contributed by atoms with Crippen LogP contribution < -0.4 is 24.4 Å². The number of hydrogen-bond donors (Lipinski definition) is 1. The van der Waals surface area contributed by atoms with Gasteiger partial charge in [-0.05, 0) is 18.2 Å². The molecule has 2 aromatic rings. The maximum Gasteiger partial charge on any atom is 0.321 e. The van der Waals surface area contributed by atoms with Gasteiger partial charge in [-0.1, -0.05) is 0 Å². The van der Waals surface area contributed by atoms with Crippen molar-refractivity contribution in [1.29, 1.82) is 0 Å². The van der Waals surface area contributed by atoms with E-state index in [1.165, 1.54) is 0 Å². The van der Waals surface area contributed by atoms with E-state index in [9.17, 15) is 4.79 Å². The summed E-state index contributed by atoms with van der Waals surface area (Å²) in [5.74, 6) is 2.38. The molecule has 1 aliphatic heterocycles. The highest BCUT2D eigenvalue weighted by Crippen LogP contribution is 2.30. The van der Waals surface area contributed by atoms with Crippen LogP contribution in [0, 0.1) is 0 Å². The molecule has 1 aromatic heterocycles. The van der Waals surface area contributed by atoms with Crippen LogP contribution in [-0.2, 0) is 0 Å². The van der Waals surface area contributed by atoms with Crippen LogP contribution in [0.5, 0.6) is 17.4 Å². The van der Waals surface area contributed by atoms with Crippen molar-refractivity contribution in [2.45, 2.75) is 12.5 Å². The van der Waals surface area contributed by atoms with E-state index < -0.39 is 0 Å². The van der Waals surface area contributed by atoms with Crippen molar-refractivity contribution in [3.63, 3.8) is 0 Å². The molecule has 0 spiro atoms. The minimum atomic E-state index is -0.188. The molecule has 3 rings (SSSR count). The van der Waals surface area contributed by atoms with E-state index in [4.69, 9.17) is 14.2 Å². The molecule has 1 aromatic carbocycles. The molecule has 2 heterocycles. The van der Waals surface area contributed by atoms with E-state index in [1.807, 2.05) is 25.1 Å². The molecule has 150 valence electrons. The van der Waals surface area contributed by atoms with Gasteiger partial charge < -0.3 is 29.3 Å². The lowest BCUT2D eigenvalue weighted by molar-refractivity contribution is 0.188. The molecule has 1 unspecified atom stereocenters. The lowest BCUT2D eigenvalue weighted by atomic mass is 10.3. The molecular formula is C19H25N5O4. The molecule has 2 amide bonds. The standard InChI is InChI=1S/C19H25N5O4/c1-23(2)17-7-8-18(22-21-17)28-14-9-10-24(12-14)19(25)20-13-5-6-15(26-3)16(11-13)27-4/h5-8,11,14H,9-10,12H2,1-4H3,(H,20,25). The van der Waals surface area contributed by atoms with Crippen LogP contribution in [0.2, 0.25) is 0 Å². The molecule has 0 saturated carbocycles. The number of benzene rings is 1. The number of carbonyl (C=O) groups excluding carboxylic acids is 1. The Kier molecular flexibility index (Phi) is 6.03. The van der Waals surface area contributed by atoms with E-state index >= 15 is 0 Å². The number of carbonyl (C=O) groups is 1. The van der Waals surface area contributed by atoms with E-state index in [-0.39, 0.29) is 12.1 Å². The summed E-state index contributed by atoms with van der Waals surface area (Å²) in [6, 6.07) is 8.69. The van der Waals surface area contributed by atoms with Gasteiger partial charge in [-0.3, -0.25) is 0 Å². The molecule has 28 heavy (non-hydrogen) atoms. The number of nitrogens with one attached hydrogen (secondary N) is 1. The van der Waals surface area contributed by atoms with Gasteiger partial charge in [0.15, 0.2) is 17.3 Å². The fourth-order valence-electron chi connectivity index (χ4n) is 2.91. The minimum absolute atomic E-state index is 0.115.